The molecule has 2 rings (SSSR count). The molecule has 0 aromatic heterocycles. The molecule has 0 saturated carbocycles. The number of nitrogens with one attached hydrogen (secondary N) is 1. The minimum Gasteiger partial charge on any atom is -0.406 e. The van der Waals surface area contributed by atoms with E-state index in [0.29, 0.717) is 10.6 Å². The molecule has 1 unspecified atom stereocenters. The zero-order valence-corrected chi connectivity index (χ0v) is 11.4. The summed E-state index contributed by atoms with van der Waals surface area (Å²) in [5.41, 5.74) is 3.99. The van der Waals surface area contributed by atoms with Crippen molar-refractivity contribution in [1.82, 2.24) is 5.43 Å². The molecule has 0 radical (unpaired) electrons. The van der Waals surface area contributed by atoms with Crippen LogP contribution in [0.3, 0.4) is 0 Å². The SMILES string of the molecule is NNC(c1ccc(OC(F)(F)F)cc1)c1ccccc1Cl. The van der Waals surface area contributed by atoms with Crippen molar-refractivity contribution in [3.8, 4) is 5.75 Å². The van der Waals surface area contributed by atoms with Crippen molar-refractivity contribution in [3.63, 3.8) is 0 Å². The molecule has 0 aliphatic carbocycles. The third-order valence-electron chi connectivity index (χ3n) is 2.83. The number of hydrazine groups is 1. The summed E-state index contributed by atoms with van der Waals surface area (Å²) >= 11 is 6.10. The van der Waals surface area contributed by atoms with Crippen molar-refractivity contribution in [2.45, 2.75) is 12.4 Å². The summed E-state index contributed by atoms with van der Waals surface area (Å²) in [6.45, 7) is 0. The molecular weight excluding hydrogens is 305 g/mol. The Balaban J connectivity index is 2.26. The van der Waals surface area contributed by atoms with Crippen molar-refractivity contribution in [3.05, 3.63) is 64.7 Å². The number of alkyl halides is 3. The molecule has 0 spiro atoms. The number of benzene rings is 2. The zero-order valence-electron chi connectivity index (χ0n) is 10.7. The van der Waals surface area contributed by atoms with Crippen LogP contribution >= 0.6 is 11.6 Å². The maximum absolute atomic E-state index is 12.1. The van der Waals surface area contributed by atoms with Crippen molar-refractivity contribution in [2.75, 3.05) is 0 Å². The van der Waals surface area contributed by atoms with E-state index < -0.39 is 12.4 Å². The van der Waals surface area contributed by atoms with E-state index in [2.05, 4.69) is 10.2 Å². The lowest BCUT2D eigenvalue weighted by atomic mass is 9.99. The fraction of sp³-hybridized carbons (Fsp3) is 0.143. The summed E-state index contributed by atoms with van der Waals surface area (Å²) in [6.07, 6.45) is -4.71. The standard InChI is InChI=1S/C14H12ClF3N2O/c15-12-4-2-1-3-11(12)13(20-19)9-5-7-10(8-6-9)21-14(16,17)18/h1-8,13,20H,19H2. The highest BCUT2D eigenvalue weighted by atomic mass is 35.5. The lowest BCUT2D eigenvalue weighted by Crippen LogP contribution is -2.29. The zero-order chi connectivity index (χ0) is 15.5. The van der Waals surface area contributed by atoms with Gasteiger partial charge < -0.3 is 4.74 Å². The van der Waals surface area contributed by atoms with E-state index in [9.17, 15) is 13.2 Å². The Morgan fingerprint density at radius 3 is 2.19 bits per heavy atom. The monoisotopic (exact) mass is 316 g/mol. The summed E-state index contributed by atoms with van der Waals surface area (Å²) in [6, 6.07) is 12.1. The van der Waals surface area contributed by atoms with Crippen LogP contribution in [0.5, 0.6) is 5.75 Å². The predicted octanol–water partition coefficient (Wildman–Crippen LogP) is 3.79. The van der Waals surface area contributed by atoms with Crippen LogP contribution in [0.1, 0.15) is 17.2 Å². The second kappa shape index (κ2) is 6.34. The van der Waals surface area contributed by atoms with Crippen LogP contribution in [0, 0.1) is 0 Å². The summed E-state index contributed by atoms with van der Waals surface area (Å²) < 4.78 is 40.2. The van der Waals surface area contributed by atoms with Gasteiger partial charge in [0.1, 0.15) is 5.75 Å². The van der Waals surface area contributed by atoms with E-state index in [1.807, 2.05) is 0 Å². The Hall–Kier alpha value is -1.76. The smallest absolute Gasteiger partial charge is 0.406 e. The van der Waals surface area contributed by atoms with Gasteiger partial charge in [-0.2, -0.15) is 0 Å². The van der Waals surface area contributed by atoms with Gasteiger partial charge in [0.15, 0.2) is 0 Å². The molecule has 112 valence electrons. The van der Waals surface area contributed by atoms with Crippen LogP contribution in [0.15, 0.2) is 48.5 Å². The maximum Gasteiger partial charge on any atom is 0.573 e. The molecule has 0 amide bonds. The molecule has 0 saturated heterocycles. The Morgan fingerprint density at radius 1 is 1.05 bits per heavy atom. The van der Waals surface area contributed by atoms with Gasteiger partial charge in [-0.15, -0.1) is 13.2 Å². The number of rotatable bonds is 4. The van der Waals surface area contributed by atoms with Crippen LogP contribution in [0.25, 0.3) is 0 Å². The van der Waals surface area contributed by atoms with Crippen LogP contribution in [0.2, 0.25) is 5.02 Å². The van der Waals surface area contributed by atoms with Crippen LogP contribution < -0.4 is 16.0 Å². The molecule has 1 atom stereocenters. The molecule has 0 heterocycles. The number of halogens is 4. The molecule has 0 aliphatic rings. The van der Waals surface area contributed by atoms with E-state index in [1.165, 1.54) is 24.3 Å². The molecule has 0 bridgehead atoms. The average molecular weight is 317 g/mol. The molecule has 3 N–H and O–H groups in total. The first-order valence-corrected chi connectivity index (χ1v) is 6.35. The first-order chi connectivity index (χ1) is 9.90. The second-order valence-corrected chi connectivity index (χ2v) is 4.65. The molecule has 21 heavy (non-hydrogen) atoms. The highest BCUT2D eigenvalue weighted by Crippen LogP contribution is 2.29. The van der Waals surface area contributed by atoms with Gasteiger partial charge in [0.05, 0.1) is 6.04 Å². The van der Waals surface area contributed by atoms with Crippen molar-refractivity contribution >= 4 is 11.6 Å². The van der Waals surface area contributed by atoms with Crippen molar-refractivity contribution in [2.24, 2.45) is 5.84 Å². The Bertz CT molecular complexity index is 602. The van der Waals surface area contributed by atoms with E-state index in [4.69, 9.17) is 17.4 Å². The molecule has 0 fully saturated rings. The molecule has 7 heteroatoms. The third kappa shape index (κ3) is 4.10. The van der Waals surface area contributed by atoms with Gasteiger partial charge in [-0.3, -0.25) is 5.84 Å². The number of ether oxygens (including phenoxy) is 1. The lowest BCUT2D eigenvalue weighted by molar-refractivity contribution is -0.274. The van der Waals surface area contributed by atoms with Gasteiger partial charge in [-0.25, -0.2) is 5.43 Å². The van der Waals surface area contributed by atoms with Crippen molar-refractivity contribution < 1.29 is 17.9 Å². The lowest BCUT2D eigenvalue weighted by Gasteiger charge is -2.18. The Morgan fingerprint density at radius 2 is 1.67 bits per heavy atom. The van der Waals surface area contributed by atoms with Gasteiger partial charge in [0.25, 0.3) is 0 Å². The molecule has 0 aliphatic heterocycles. The van der Waals surface area contributed by atoms with Crippen LogP contribution in [-0.4, -0.2) is 6.36 Å². The fourth-order valence-corrected chi connectivity index (χ4v) is 2.18. The quantitative estimate of drug-likeness (QED) is 0.666. The Labute approximate surface area is 124 Å². The van der Waals surface area contributed by atoms with E-state index in [-0.39, 0.29) is 5.75 Å². The topological polar surface area (TPSA) is 47.3 Å². The summed E-state index contributed by atoms with van der Waals surface area (Å²) in [4.78, 5) is 0. The largest absolute Gasteiger partial charge is 0.573 e. The number of hydrogen-bond donors (Lipinski definition) is 2. The second-order valence-electron chi connectivity index (χ2n) is 4.24. The van der Waals surface area contributed by atoms with Crippen molar-refractivity contribution in [1.29, 1.82) is 0 Å². The minimum absolute atomic E-state index is 0.291. The third-order valence-corrected chi connectivity index (χ3v) is 3.17. The first kappa shape index (κ1) is 15.6. The Kier molecular flexibility index (Phi) is 4.72. The van der Waals surface area contributed by atoms with Gasteiger partial charge in [0.2, 0.25) is 0 Å². The highest BCUT2D eigenvalue weighted by Gasteiger charge is 2.31. The first-order valence-electron chi connectivity index (χ1n) is 5.97. The molecule has 2 aromatic rings. The van der Waals surface area contributed by atoms with Crippen LogP contribution in [0.4, 0.5) is 13.2 Å². The summed E-state index contributed by atoms with van der Waals surface area (Å²) in [7, 11) is 0. The number of hydrogen-bond acceptors (Lipinski definition) is 3. The van der Waals surface area contributed by atoms with E-state index in [0.717, 1.165) is 5.56 Å². The van der Waals surface area contributed by atoms with Gasteiger partial charge in [-0.05, 0) is 29.3 Å². The average Bonchev–Trinajstić information content (AvgIpc) is 2.42. The van der Waals surface area contributed by atoms with Gasteiger partial charge in [0, 0.05) is 5.02 Å². The van der Waals surface area contributed by atoms with Gasteiger partial charge >= 0.3 is 6.36 Å². The summed E-state index contributed by atoms with van der Waals surface area (Å²) in [5.74, 6) is 5.24. The van der Waals surface area contributed by atoms with Crippen LogP contribution in [-0.2, 0) is 0 Å². The predicted molar refractivity (Wildman–Crippen MR) is 73.7 cm³/mol. The molecular formula is C14H12ClF3N2O. The number of nitrogens with two attached hydrogens (primary N) is 1. The molecule has 3 nitrogen and oxygen atoms in total. The summed E-state index contributed by atoms with van der Waals surface area (Å²) in [5, 5.41) is 0.510. The van der Waals surface area contributed by atoms with E-state index >= 15 is 0 Å². The molecule has 2 aromatic carbocycles. The highest BCUT2D eigenvalue weighted by molar-refractivity contribution is 6.31. The van der Waals surface area contributed by atoms with E-state index in [1.54, 1.807) is 24.3 Å². The maximum atomic E-state index is 12.1. The normalized spacial score (nSPS) is 13.0. The minimum atomic E-state index is -4.71. The fourth-order valence-electron chi connectivity index (χ4n) is 1.94. The van der Waals surface area contributed by atoms with Gasteiger partial charge in [-0.1, -0.05) is 41.9 Å².